The van der Waals surface area contributed by atoms with Crippen LogP contribution in [0, 0.1) is 0 Å². The van der Waals surface area contributed by atoms with Gasteiger partial charge in [0, 0.05) is 17.1 Å². The predicted molar refractivity (Wildman–Crippen MR) is 97.6 cm³/mol. The quantitative estimate of drug-likeness (QED) is 0.277. The highest BCUT2D eigenvalue weighted by Gasteiger charge is 1.83. The normalized spacial score (nSPS) is 9.00. The Hall–Kier alpha value is -3.54. The van der Waals surface area contributed by atoms with Gasteiger partial charge in [-0.15, -0.1) is 0 Å². The maximum Gasteiger partial charge on any atom is 0.115 e. The summed E-state index contributed by atoms with van der Waals surface area (Å²) in [7, 11) is 0. The van der Waals surface area contributed by atoms with Crippen molar-refractivity contribution in [1.82, 2.24) is 0 Å². The first kappa shape index (κ1) is 18.5. The maximum atomic E-state index is 8.70. The van der Waals surface area contributed by atoms with E-state index < -0.39 is 0 Å². The van der Waals surface area contributed by atoms with Gasteiger partial charge in [-0.05, 0) is 72.8 Å². The number of rotatable bonds is 0. The van der Waals surface area contributed by atoms with Crippen molar-refractivity contribution in [3.63, 3.8) is 0 Å². The van der Waals surface area contributed by atoms with E-state index in [0.717, 1.165) is 0 Å². The zero-order valence-electron chi connectivity index (χ0n) is 13.0. The summed E-state index contributed by atoms with van der Waals surface area (Å²) >= 11 is 0. The van der Waals surface area contributed by atoms with Crippen molar-refractivity contribution in [2.24, 2.45) is 0 Å². The fourth-order valence-corrected chi connectivity index (χ4v) is 1.42. The van der Waals surface area contributed by atoms with Gasteiger partial charge in [0.15, 0.2) is 0 Å². The van der Waals surface area contributed by atoms with Crippen LogP contribution in [0.3, 0.4) is 0 Å². The molecule has 0 amide bonds. The van der Waals surface area contributed by atoms with E-state index in [1.165, 1.54) is 0 Å². The van der Waals surface area contributed by atoms with Gasteiger partial charge in [0.25, 0.3) is 0 Å². The van der Waals surface area contributed by atoms with Gasteiger partial charge in [-0.2, -0.15) is 0 Å². The molecule has 0 aliphatic carbocycles. The lowest BCUT2D eigenvalue weighted by Gasteiger charge is -1.89. The molecule has 0 atom stereocenters. The summed E-state index contributed by atoms with van der Waals surface area (Å²) in [4.78, 5) is 0. The van der Waals surface area contributed by atoms with Crippen LogP contribution in [0.15, 0.2) is 72.8 Å². The molecule has 0 bridgehead atoms. The lowest BCUT2D eigenvalue weighted by molar-refractivity contribution is 0.475. The molecule has 0 aromatic heterocycles. The molecule has 3 aromatic carbocycles. The molecule has 0 spiro atoms. The molecular formula is C18H21N3O3. The number of nitrogens with two attached hydrogens (primary N) is 3. The van der Waals surface area contributed by atoms with Gasteiger partial charge in [-0.3, -0.25) is 0 Å². The molecule has 0 fully saturated rings. The zero-order chi connectivity index (χ0) is 17.9. The Labute approximate surface area is 140 Å². The molecular weight excluding hydrogens is 306 g/mol. The van der Waals surface area contributed by atoms with E-state index in [4.69, 9.17) is 32.5 Å². The van der Waals surface area contributed by atoms with Crippen molar-refractivity contribution in [1.29, 1.82) is 0 Å². The highest BCUT2D eigenvalue weighted by Crippen LogP contribution is 2.10. The van der Waals surface area contributed by atoms with Crippen LogP contribution in [0.1, 0.15) is 0 Å². The van der Waals surface area contributed by atoms with E-state index in [-0.39, 0.29) is 17.2 Å². The molecule has 24 heavy (non-hydrogen) atoms. The Balaban J connectivity index is 0.000000180. The van der Waals surface area contributed by atoms with Crippen LogP contribution < -0.4 is 17.2 Å². The van der Waals surface area contributed by atoms with E-state index in [9.17, 15) is 0 Å². The SMILES string of the molecule is Nc1ccc(O)cc1.Nc1ccc(O)cc1.Nc1ccc(O)cc1. The minimum Gasteiger partial charge on any atom is -0.508 e. The van der Waals surface area contributed by atoms with Gasteiger partial charge < -0.3 is 32.5 Å². The molecule has 0 saturated carbocycles. The highest BCUT2D eigenvalue weighted by molar-refractivity contribution is 5.42. The summed E-state index contributed by atoms with van der Waals surface area (Å²) in [5, 5.41) is 26.1. The van der Waals surface area contributed by atoms with E-state index in [1.54, 1.807) is 72.8 Å². The molecule has 6 heteroatoms. The summed E-state index contributed by atoms with van der Waals surface area (Å²) in [6.07, 6.45) is 0. The highest BCUT2D eigenvalue weighted by atomic mass is 16.3. The topological polar surface area (TPSA) is 139 Å². The molecule has 0 heterocycles. The van der Waals surface area contributed by atoms with Crippen molar-refractivity contribution in [3.05, 3.63) is 72.8 Å². The molecule has 0 saturated heterocycles. The van der Waals surface area contributed by atoms with E-state index in [0.29, 0.717) is 17.1 Å². The number of phenolic OH excluding ortho intramolecular Hbond substituents is 3. The molecule has 0 unspecified atom stereocenters. The standard InChI is InChI=1S/3C6H7NO/c3*7-5-1-3-6(8)4-2-5/h3*1-4,8H,7H2. The number of hydrogen-bond donors (Lipinski definition) is 6. The fourth-order valence-electron chi connectivity index (χ4n) is 1.42. The lowest BCUT2D eigenvalue weighted by atomic mass is 10.3. The third-order valence-corrected chi connectivity index (χ3v) is 2.68. The molecule has 9 N–H and O–H groups in total. The first-order valence-electron chi connectivity index (χ1n) is 7.00. The van der Waals surface area contributed by atoms with Crippen molar-refractivity contribution in [3.8, 4) is 17.2 Å². The Morgan fingerprint density at radius 1 is 0.375 bits per heavy atom. The third kappa shape index (κ3) is 8.04. The second-order valence-electron chi connectivity index (χ2n) is 4.77. The Morgan fingerprint density at radius 3 is 0.667 bits per heavy atom. The molecule has 6 nitrogen and oxygen atoms in total. The average Bonchev–Trinajstić information content (AvgIpc) is 2.57. The summed E-state index contributed by atoms with van der Waals surface area (Å²) in [5.41, 5.74) is 18.0. The van der Waals surface area contributed by atoms with Crippen LogP contribution in [-0.4, -0.2) is 15.3 Å². The maximum absolute atomic E-state index is 8.70. The van der Waals surface area contributed by atoms with Gasteiger partial charge in [-0.1, -0.05) is 0 Å². The summed E-state index contributed by atoms with van der Waals surface area (Å²) in [6, 6.07) is 19.2. The van der Waals surface area contributed by atoms with Crippen LogP contribution in [0.2, 0.25) is 0 Å². The molecule has 0 aliphatic heterocycles. The second-order valence-corrected chi connectivity index (χ2v) is 4.77. The summed E-state index contributed by atoms with van der Waals surface area (Å²) in [6.45, 7) is 0. The number of nitrogen functional groups attached to an aromatic ring is 3. The third-order valence-electron chi connectivity index (χ3n) is 2.68. The number of phenols is 3. The predicted octanol–water partition coefficient (Wildman–Crippen LogP) is 2.92. The first-order valence-corrected chi connectivity index (χ1v) is 7.00. The van der Waals surface area contributed by atoms with Crippen molar-refractivity contribution >= 4 is 17.1 Å². The van der Waals surface area contributed by atoms with Gasteiger partial charge in [0.05, 0.1) is 0 Å². The molecule has 3 aromatic rings. The zero-order valence-corrected chi connectivity index (χ0v) is 13.0. The monoisotopic (exact) mass is 327 g/mol. The molecule has 0 radical (unpaired) electrons. The first-order chi connectivity index (χ1) is 11.4. The second kappa shape index (κ2) is 9.47. The lowest BCUT2D eigenvalue weighted by Crippen LogP contribution is -1.80. The largest absolute Gasteiger partial charge is 0.508 e. The molecule has 3 rings (SSSR count). The van der Waals surface area contributed by atoms with Gasteiger partial charge in [0.1, 0.15) is 17.2 Å². The number of anilines is 3. The number of hydrogen-bond acceptors (Lipinski definition) is 6. The molecule has 126 valence electrons. The number of benzene rings is 3. The van der Waals surface area contributed by atoms with Gasteiger partial charge in [-0.25, -0.2) is 0 Å². The minimum atomic E-state index is 0.249. The Bertz CT molecular complexity index is 546. The Kier molecular flexibility index (Phi) is 7.30. The van der Waals surface area contributed by atoms with Gasteiger partial charge >= 0.3 is 0 Å². The van der Waals surface area contributed by atoms with Crippen molar-refractivity contribution < 1.29 is 15.3 Å². The summed E-state index contributed by atoms with van der Waals surface area (Å²) in [5.74, 6) is 0.748. The van der Waals surface area contributed by atoms with Crippen molar-refractivity contribution in [2.45, 2.75) is 0 Å². The van der Waals surface area contributed by atoms with Gasteiger partial charge in [0.2, 0.25) is 0 Å². The Morgan fingerprint density at radius 2 is 0.542 bits per heavy atom. The minimum absolute atomic E-state index is 0.249. The van der Waals surface area contributed by atoms with Crippen LogP contribution in [0.4, 0.5) is 17.1 Å². The van der Waals surface area contributed by atoms with E-state index >= 15 is 0 Å². The molecule has 0 aliphatic rings. The van der Waals surface area contributed by atoms with Crippen LogP contribution in [0.25, 0.3) is 0 Å². The van der Waals surface area contributed by atoms with Crippen LogP contribution >= 0.6 is 0 Å². The van der Waals surface area contributed by atoms with Crippen molar-refractivity contribution in [2.75, 3.05) is 17.2 Å². The average molecular weight is 327 g/mol. The van der Waals surface area contributed by atoms with Crippen LogP contribution in [-0.2, 0) is 0 Å². The summed E-state index contributed by atoms with van der Waals surface area (Å²) < 4.78 is 0. The van der Waals surface area contributed by atoms with Crippen LogP contribution in [0.5, 0.6) is 17.2 Å². The smallest absolute Gasteiger partial charge is 0.115 e. The van der Waals surface area contributed by atoms with E-state index in [2.05, 4.69) is 0 Å². The van der Waals surface area contributed by atoms with E-state index in [1.807, 2.05) is 0 Å². The number of aromatic hydroxyl groups is 3. The fraction of sp³-hybridized carbons (Fsp3) is 0.